The Morgan fingerprint density at radius 2 is 1.60 bits per heavy atom. The second-order valence-corrected chi connectivity index (χ2v) is 8.48. The van der Waals surface area contributed by atoms with Gasteiger partial charge in [0, 0.05) is 6.61 Å². The molecule has 0 amide bonds. The van der Waals surface area contributed by atoms with Gasteiger partial charge in [0.15, 0.2) is 0 Å². The van der Waals surface area contributed by atoms with Gasteiger partial charge in [0.25, 0.3) is 0 Å². The maximum absolute atomic E-state index is 6.16. The number of ether oxygens (including phenoxy) is 1. The van der Waals surface area contributed by atoms with Crippen molar-refractivity contribution in [1.82, 2.24) is 0 Å². The third kappa shape index (κ3) is 8.29. The molecule has 0 saturated heterocycles. The Morgan fingerprint density at radius 3 is 2.00 bits per heavy atom. The second kappa shape index (κ2) is 9.07. The van der Waals surface area contributed by atoms with E-state index < -0.39 is 0 Å². The molecule has 0 aromatic rings. The number of rotatable bonds is 10. The molecule has 0 aliphatic rings. The Hall–Kier alpha value is -0.0400. The summed E-state index contributed by atoms with van der Waals surface area (Å²) in [6.07, 6.45) is 6.43. The fourth-order valence-corrected chi connectivity index (χ4v) is 2.99. The molecule has 0 fully saturated rings. The topological polar surface area (TPSA) is 9.23 Å². The monoisotopic (exact) mass is 284 g/mol. The van der Waals surface area contributed by atoms with Gasteiger partial charge in [-0.05, 0) is 35.5 Å². The SMILES string of the molecule is CCCCC(CC)COCC(C)(CC(C)(C)C)C(C)C. The first-order chi connectivity index (χ1) is 9.14. The molecular weight excluding hydrogens is 244 g/mol. The lowest BCUT2D eigenvalue weighted by Gasteiger charge is -2.39. The minimum Gasteiger partial charge on any atom is -0.381 e. The van der Waals surface area contributed by atoms with Crippen LogP contribution in [0.5, 0.6) is 0 Å². The van der Waals surface area contributed by atoms with Crippen LogP contribution in [0.1, 0.15) is 87.5 Å². The fraction of sp³-hybridized carbons (Fsp3) is 1.00. The third-order valence-corrected chi connectivity index (χ3v) is 4.66. The van der Waals surface area contributed by atoms with E-state index >= 15 is 0 Å². The molecule has 1 heteroatoms. The van der Waals surface area contributed by atoms with E-state index in [9.17, 15) is 0 Å². The van der Waals surface area contributed by atoms with E-state index in [2.05, 4.69) is 55.4 Å². The summed E-state index contributed by atoms with van der Waals surface area (Å²) in [5, 5.41) is 0. The molecule has 0 aliphatic heterocycles. The zero-order valence-electron chi connectivity index (χ0n) is 15.5. The van der Waals surface area contributed by atoms with Gasteiger partial charge in [-0.2, -0.15) is 0 Å². The zero-order valence-corrected chi connectivity index (χ0v) is 15.5. The van der Waals surface area contributed by atoms with Crippen molar-refractivity contribution in [3.05, 3.63) is 0 Å². The second-order valence-electron chi connectivity index (χ2n) is 8.48. The average molecular weight is 285 g/mol. The van der Waals surface area contributed by atoms with Gasteiger partial charge in [0.2, 0.25) is 0 Å². The average Bonchev–Trinajstić information content (AvgIpc) is 2.31. The summed E-state index contributed by atoms with van der Waals surface area (Å²) < 4.78 is 6.16. The van der Waals surface area contributed by atoms with Crippen LogP contribution < -0.4 is 0 Å². The predicted octanol–water partition coefficient (Wildman–Crippen LogP) is 6.32. The molecule has 0 aromatic carbocycles. The Bertz CT molecular complexity index is 239. The molecule has 0 heterocycles. The number of hydrogen-bond acceptors (Lipinski definition) is 1. The standard InChI is InChI=1S/C19H40O/c1-9-11-12-17(10-2)13-20-15-19(8,16(3)4)14-18(5,6)7/h16-17H,9-15H2,1-8H3. The highest BCUT2D eigenvalue weighted by atomic mass is 16.5. The normalized spacial score (nSPS) is 17.2. The van der Waals surface area contributed by atoms with Crippen molar-refractivity contribution in [3.8, 4) is 0 Å². The van der Waals surface area contributed by atoms with Gasteiger partial charge >= 0.3 is 0 Å². The lowest BCUT2D eigenvalue weighted by molar-refractivity contribution is -0.0131. The van der Waals surface area contributed by atoms with E-state index in [-0.39, 0.29) is 0 Å². The van der Waals surface area contributed by atoms with Crippen LogP contribution in [0.25, 0.3) is 0 Å². The summed E-state index contributed by atoms with van der Waals surface area (Å²) in [5.41, 5.74) is 0.663. The van der Waals surface area contributed by atoms with Crippen LogP contribution in [0.4, 0.5) is 0 Å². The lowest BCUT2D eigenvalue weighted by atomic mass is 9.69. The molecule has 0 rings (SSSR count). The van der Waals surface area contributed by atoms with Gasteiger partial charge < -0.3 is 4.74 Å². The van der Waals surface area contributed by atoms with E-state index in [4.69, 9.17) is 4.74 Å². The van der Waals surface area contributed by atoms with Crippen molar-refractivity contribution < 1.29 is 4.74 Å². The van der Waals surface area contributed by atoms with Crippen molar-refractivity contribution in [3.63, 3.8) is 0 Å². The largest absolute Gasteiger partial charge is 0.381 e. The summed E-state index contributed by atoms with van der Waals surface area (Å²) in [4.78, 5) is 0. The van der Waals surface area contributed by atoms with Crippen molar-refractivity contribution in [1.29, 1.82) is 0 Å². The minimum atomic E-state index is 0.293. The van der Waals surface area contributed by atoms with Crippen LogP contribution in [0, 0.1) is 22.7 Å². The Kier molecular flexibility index (Phi) is 9.06. The van der Waals surface area contributed by atoms with Gasteiger partial charge in [0.05, 0.1) is 6.61 Å². The molecule has 2 atom stereocenters. The molecule has 0 aliphatic carbocycles. The van der Waals surface area contributed by atoms with Gasteiger partial charge in [-0.1, -0.05) is 74.7 Å². The summed E-state index contributed by atoms with van der Waals surface area (Å²) in [7, 11) is 0. The Balaban J connectivity index is 4.33. The molecule has 0 bridgehead atoms. The molecule has 0 N–H and O–H groups in total. The summed E-state index contributed by atoms with van der Waals surface area (Å²) in [5.74, 6) is 1.42. The number of hydrogen-bond donors (Lipinski definition) is 0. The summed E-state index contributed by atoms with van der Waals surface area (Å²) in [6.45, 7) is 20.5. The molecular formula is C19H40O. The van der Waals surface area contributed by atoms with Crippen LogP contribution in [0.15, 0.2) is 0 Å². The zero-order chi connectivity index (χ0) is 15.8. The molecule has 20 heavy (non-hydrogen) atoms. The highest BCUT2D eigenvalue weighted by Crippen LogP contribution is 2.39. The van der Waals surface area contributed by atoms with E-state index in [0.29, 0.717) is 16.7 Å². The minimum absolute atomic E-state index is 0.293. The van der Waals surface area contributed by atoms with E-state index in [1.807, 2.05) is 0 Å². The van der Waals surface area contributed by atoms with E-state index in [1.54, 1.807) is 0 Å². The van der Waals surface area contributed by atoms with Crippen LogP contribution in [0.2, 0.25) is 0 Å². The Labute approximate surface area is 128 Å². The van der Waals surface area contributed by atoms with Gasteiger partial charge in [-0.3, -0.25) is 0 Å². The molecule has 2 unspecified atom stereocenters. The molecule has 1 nitrogen and oxygen atoms in total. The van der Waals surface area contributed by atoms with Crippen molar-refractivity contribution in [2.45, 2.75) is 87.5 Å². The van der Waals surface area contributed by atoms with E-state index in [1.165, 1.54) is 32.1 Å². The molecule has 122 valence electrons. The van der Waals surface area contributed by atoms with Crippen LogP contribution in [-0.2, 0) is 4.74 Å². The van der Waals surface area contributed by atoms with Crippen LogP contribution >= 0.6 is 0 Å². The van der Waals surface area contributed by atoms with Gasteiger partial charge in [0.1, 0.15) is 0 Å². The molecule has 0 spiro atoms. The first-order valence-electron chi connectivity index (χ1n) is 8.72. The smallest absolute Gasteiger partial charge is 0.0522 e. The Morgan fingerprint density at radius 1 is 1.00 bits per heavy atom. The van der Waals surface area contributed by atoms with Crippen molar-refractivity contribution in [2.24, 2.45) is 22.7 Å². The highest BCUT2D eigenvalue weighted by Gasteiger charge is 2.33. The molecule has 0 aromatic heterocycles. The van der Waals surface area contributed by atoms with Gasteiger partial charge in [-0.25, -0.2) is 0 Å². The fourth-order valence-electron chi connectivity index (χ4n) is 2.99. The van der Waals surface area contributed by atoms with Gasteiger partial charge in [-0.15, -0.1) is 0 Å². The highest BCUT2D eigenvalue weighted by molar-refractivity contribution is 4.83. The maximum Gasteiger partial charge on any atom is 0.0522 e. The summed E-state index contributed by atoms with van der Waals surface area (Å²) in [6, 6.07) is 0. The van der Waals surface area contributed by atoms with Crippen molar-refractivity contribution in [2.75, 3.05) is 13.2 Å². The lowest BCUT2D eigenvalue weighted by Crippen LogP contribution is -2.34. The maximum atomic E-state index is 6.16. The van der Waals surface area contributed by atoms with E-state index in [0.717, 1.165) is 19.1 Å². The quantitative estimate of drug-likeness (QED) is 0.456. The number of unbranched alkanes of at least 4 members (excludes halogenated alkanes) is 1. The third-order valence-electron chi connectivity index (χ3n) is 4.66. The first-order valence-corrected chi connectivity index (χ1v) is 8.72. The van der Waals surface area contributed by atoms with Crippen LogP contribution in [-0.4, -0.2) is 13.2 Å². The molecule has 0 saturated carbocycles. The van der Waals surface area contributed by atoms with Crippen LogP contribution in [0.3, 0.4) is 0 Å². The summed E-state index contributed by atoms with van der Waals surface area (Å²) >= 11 is 0. The van der Waals surface area contributed by atoms with Crippen molar-refractivity contribution >= 4 is 0 Å². The first kappa shape index (κ1) is 20.0. The molecule has 0 radical (unpaired) electrons. The predicted molar refractivity (Wildman–Crippen MR) is 91.1 cm³/mol.